The Morgan fingerprint density at radius 3 is 2.67 bits per heavy atom. The third-order valence-electron chi connectivity index (χ3n) is 4.32. The summed E-state index contributed by atoms with van der Waals surface area (Å²) < 4.78 is 15.2. The molecule has 2 saturated carbocycles. The predicted octanol–water partition coefficient (Wildman–Crippen LogP) is -0.101. The molecule has 0 aromatic heterocycles. The zero-order chi connectivity index (χ0) is 13.0. The summed E-state index contributed by atoms with van der Waals surface area (Å²) in [5.41, 5.74) is 0. The molecule has 1 saturated heterocycles. The van der Waals surface area contributed by atoms with Crippen molar-refractivity contribution in [3.8, 4) is 0 Å². The fourth-order valence-corrected chi connectivity index (χ4v) is 3.80. The van der Waals surface area contributed by atoms with Crippen LogP contribution in [0.15, 0.2) is 0 Å². The van der Waals surface area contributed by atoms with Crippen molar-refractivity contribution >= 4 is 17.9 Å². The number of fused-ring (bicyclic) bond motifs is 1. The molecule has 18 heavy (non-hydrogen) atoms. The standard InChI is InChI=1S/C12H14O6/c1-4(13)17-9-5-3-6-8(7(5)11(14)16-2)12(15)18-10(6)9/h5-10H,3H2,1-2H3/t5?,6?,7?,8?,9?,10-/m1/s1. The highest BCUT2D eigenvalue weighted by atomic mass is 16.6. The van der Waals surface area contributed by atoms with Crippen LogP contribution in [-0.4, -0.2) is 37.2 Å². The first-order valence-electron chi connectivity index (χ1n) is 6.00. The molecule has 1 aliphatic heterocycles. The van der Waals surface area contributed by atoms with E-state index < -0.39 is 29.9 Å². The van der Waals surface area contributed by atoms with Gasteiger partial charge in [-0.2, -0.15) is 0 Å². The van der Waals surface area contributed by atoms with Crippen molar-refractivity contribution in [2.45, 2.75) is 25.6 Å². The van der Waals surface area contributed by atoms with Crippen molar-refractivity contribution in [3.63, 3.8) is 0 Å². The zero-order valence-corrected chi connectivity index (χ0v) is 10.1. The molecule has 6 nitrogen and oxygen atoms in total. The maximum Gasteiger partial charge on any atom is 0.310 e. The molecule has 0 spiro atoms. The highest BCUT2D eigenvalue weighted by molar-refractivity contribution is 5.86. The molecular formula is C12H14O6. The minimum atomic E-state index is -0.532. The van der Waals surface area contributed by atoms with Crippen LogP contribution in [0, 0.1) is 23.7 Å². The number of carbonyl (C=O) groups is 3. The Labute approximate surface area is 104 Å². The fraction of sp³-hybridized carbons (Fsp3) is 0.750. The molecule has 6 atom stereocenters. The van der Waals surface area contributed by atoms with Crippen LogP contribution >= 0.6 is 0 Å². The third kappa shape index (κ3) is 1.31. The lowest BCUT2D eigenvalue weighted by Gasteiger charge is -2.29. The lowest BCUT2D eigenvalue weighted by atomic mass is 9.78. The molecule has 6 heteroatoms. The van der Waals surface area contributed by atoms with E-state index in [1.54, 1.807) is 0 Å². The molecule has 2 bridgehead atoms. The van der Waals surface area contributed by atoms with E-state index in [4.69, 9.17) is 14.2 Å². The van der Waals surface area contributed by atoms with Crippen molar-refractivity contribution in [1.82, 2.24) is 0 Å². The lowest BCUT2D eigenvalue weighted by molar-refractivity contribution is -0.163. The van der Waals surface area contributed by atoms with E-state index in [9.17, 15) is 14.4 Å². The van der Waals surface area contributed by atoms with E-state index in [1.807, 2.05) is 0 Å². The molecular weight excluding hydrogens is 240 g/mol. The molecule has 0 aromatic carbocycles. The van der Waals surface area contributed by atoms with Crippen LogP contribution < -0.4 is 0 Å². The average Bonchev–Trinajstić information content (AvgIpc) is 2.90. The van der Waals surface area contributed by atoms with Crippen LogP contribution in [0.2, 0.25) is 0 Å². The van der Waals surface area contributed by atoms with E-state index in [0.717, 1.165) is 0 Å². The summed E-state index contributed by atoms with van der Waals surface area (Å²) in [5, 5.41) is 0. The molecule has 1 heterocycles. The zero-order valence-electron chi connectivity index (χ0n) is 10.1. The number of carbonyl (C=O) groups excluding carboxylic acids is 3. The number of rotatable bonds is 2. The van der Waals surface area contributed by atoms with E-state index in [-0.39, 0.29) is 23.9 Å². The molecule has 0 radical (unpaired) electrons. The quantitative estimate of drug-likeness (QED) is 0.505. The summed E-state index contributed by atoms with van der Waals surface area (Å²) >= 11 is 0. The van der Waals surface area contributed by atoms with Gasteiger partial charge in [0.25, 0.3) is 0 Å². The Hall–Kier alpha value is -1.59. The number of methoxy groups -OCH3 is 1. The van der Waals surface area contributed by atoms with E-state index >= 15 is 0 Å². The van der Waals surface area contributed by atoms with Crippen LogP contribution in [-0.2, 0) is 28.6 Å². The molecule has 0 amide bonds. The molecule has 3 aliphatic rings. The molecule has 98 valence electrons. The van der Waals surface area contributed by atoms with Gasteiger partial charge in [0.05, 0.1) is 18.9 Å². The Balaban J connectivity index is 1.92. The second kappa shape index (κ2) is 3.70. The van der Waals surface area contributed by atoms with Crippen molar-refractivity contribution in [2.75, 3.05) is 7.11 Å². The van der Waals surface area contributed by atoms with Crippen LogP contribution in [0.5, 0.6) is 0 Å². The van der Waals surface area contributed by atoms with E-state index in [2.05, 4.69) is 0 Å². The Morgan fingerprint density at radius 2 is 2.06 bits per heavy atom. The molecule has 0 N–H and O–H groups in total. The molecule has 0 aromatic rings. The topological polar surface area (TPSA) is 78.9 Å². The van der Waals surface area contributed by atoms with Crippen LogP contribution in [0.25, 0.3) is 0 Å². The van der Waals surface area contributed by atoms with Gasteiger partial charge in [-0.1, -0.05) is 0 Å². The molecule has 3 rings (SSSR count). The van der Waals surface area contributed by atoms with Crippen molar-refractivity contribution in [1.29, 1.82) is 0 Å². The smallest absolute Gasteiger partial charge is 0.310 e. The maximum atomic E-state index is 11.8. The minimum absolute atomic E-state index is 0.0176. The first-order chi connectivity index (χ1) is 8.54. The second-order valence-corrected chi connectivity index (χ2v) is 5.11. The number of esters is 3. The number of hydrogen-bond donors (Lipinski definition) is 0. The SMILES string of the molecule is COC(=O)C1C2CC3C1C(=O)O[C@H]3C2OC(C)=O. The largest absolute Gasteiger partial charge is 0.469 e. The summed E-state index contributed by atoms with van der Waals surface area (Å²) in [6, 6.07) is 0. The molecule has 2 aliphatic carbocycles. The number of hydrogen-bond acceptors (Lipinski definition) is 6. The average molecular weight is 254 g/mol. The Bertz CT molecular complexity index is 430. The van der Waals surface area contributed by atoms with Gasteiger partial charge in [0.1, 0.15) is 12.2 Å². The first-order valence-corrected chi connectivity index (χ1v) is 6.00. The summed E-state index contributed by atoms with van der Waals surface area (Å²) in [6.07, 6.45) is -0.199. The normalized spacial score (nSPS) is 43.8. The minimum Gasteiger partial charge on any atom is -0.469 e. The van der Waals surface area contributed by atoms with Gasteiger partial charge in [-0.05, 0) is 6.42 Å². The Kier molecular flexibility index (Phi) is 2.36. The van der Waals surface area contributed by atoms with Gasteiger partial charge in [0.2, 0.25) is 0 Å². The molecule has 3 fully saturated rings. The summed E-state index contributed by atoms with van der Waals surface area (Å²) in [7, 11) is 1.30. The second-order valence-electron chi connectivity index (χ2n) is 5.11. The summed E-state index contributed by atoms with van der Waals surface area (Å²) in [5.74, 6) is -2.33. The first kappa shape index (κ1) is 11.5. The monoisotopic (exact) mass is 254 g/mol. The van der Waals surface area contributed by atoms with Gasteiger partial charge >= 0.3 is 17.9 Å². The fourth-order valence-electron chi connectivity index (χ4n) is 3.80. The van der Waals surface area contributed by atoms with Gasteiger partial charge < -0.3 is 14.2 Å². The number of ether oxygens (including phenoxy) is 3. The van der Waals surface area contributed by atoms with Crippen molar-refractivity contribution in [2.24, 2.45) is 23.7 Å². The summed E-state index contributed by atoms with van der Waals surface area (Å²) in [6.45, 7) is 1.31. The highest BCUT2D eigenvalue weighted by Crippen LogP contribution is 2.58. The van der Waals surface area contributed by atoms with Crippen LogP contribution in [0.3, 0.4) is 0 Å². The highest BCUT2D eigenvalue weighted by Gasteiger charge is 2.70. The predicted molar refractivity (Wildman–Crippen MR) is 56.0 cm³/mol. The van der Waals surface area contributed by atoms with Gasteiger partial charge in [-0.3, -0.25) is 14.4 Å². The summed E-state index contributed by atoms with van der Waals surface area (Å²) in [4.78, 5) is 34.7. The lowest BCUT2D eigenvalue weighted by Crippen LogP contribution is -2.43. The third-order valence-corrected chi connectivity index (χ3v) is 4.32. The Morgan fingerprint density at radius 1 is 1.33 bits per heavy atom. The van der Waals surface area contributed by atoms with E-state index in [0.29, 0.717) is 6.42 Å². The van der Waals surface area contributed by atoms with Crippen molar-refractivity contribution in [3.05, 3.63) is 0 Å². The van der Waals surface area contributed by atoms with Gasteiger partial charge in [0, 0.05) is 18.8 Å². The van der Waals surface area contributed by atoms with Gasteiger partial charge in [-0.25, -0.2) is 0 Å². The van der Waals surface area contributed by atoms with Gasteiger partial charge in [0.15, 0.2) is 0 Å². The molecule has 5 unspecified atom stereocenters. The van der Waals surface area contributed by atoms with E-state index in [1.165, 1.54) is 14.0 Å². The van der Waals surface area contributed by atoms with Gasteiger partial charge in [-0.15, -0.1) is 0 Å². The van der Waals surface area contributed by atoms with Crippen LogP contribution in [0.1, 0.15) is 13.3 Å². The van der Waals surface area contributed by atoms with Crippen molar-refractivity contribution < 1.29 is 28.6 Å². The van der Waals surface area contributed by atoms with Crippen LogP contribution in [0.4, 0.5) is 0 Å². The maximum absolute atomic E-state index is 11.8.